The van der Waals surface area contributed by atoms with Crippen LogP contribution >= 0.6 is 27.7 Å². The van der Waals surface area contributed by atoms with Crippen LogP contribution in [0.4, 0.5) is 5.69 Å². The topological polar surface area (TPSA) is 63.4 Å². The van der Waals surface area contributed by atoms with Gasteiger partial charge in [0.2, 0.25) is 0 Å². The molecule has 0 bridgehead atoms. The standard InChI is InChI=1S/C10H12BrNO3S/c1-7(5-13)6-16-10-4-8(11)2-3-9(10)12(14)15/h2-4,7,13H,5-6H2,1H3. The Morgan fingerprint density at radius 2 is 2.31 bits per heavy atom. The summed E-state index contributed by atoms with van der Waals surface area (Å²) in [5.41, 5.74) is 0.110. The van der Waals surface area contributed by atoms with Crippen LogP contribution in [0, 0.1) is 16.0 Å². The van der Waals surface area contributed by atoms with E-state index in [0.29, 0.717) is 10.6 Å². The summed E-state index contributed by atoms with van der Waals surface area (Å²) >= 11 is 4.67. The van der Waals surface area contributed by atoms with E-state index in [1.54, 1.807) is 12.1 Å². The van der Waals surface area contributed by atoms with E-state index < -0.39 is 4.92 Å². The van der Waals surface area contributed by atoms with Gasteiger partial charge in [0.15, 0.2) is 0 Å². The quantitative estimate of drug-likeness (QED) is 0.516. The van der Waals surface area contributed by atoms with E-state index in [-0.39, 0.29) is 18.2 Å². The lowest BCUT2D eigenvalue weighted by atomic mass is 10.2. The van der Waals surface area contributed by atoms with E-state index in [9.17, 15) is 10.1 Å². The number of aliphatic hydroxyl groups excluding tert-OH is 1. The zero-order valence-electron chi connectivity index (χ0n) is 8.72. The van der Waals surface area contributed by atoms with Crippen molar-refractivity contribution in [3.8, 4) is 0 Å². The zero-order chi connectivity index (χ0) is 12.1. The van der Waals surface area contributed by atoms with Gasteiger partial charge in [-0.05, 0) is 18.1 Å². The molecular formula is C10H12BrNO3S. The number of halogens is 1. The summed E-state index contributed by atoms with van der Waals surface area (Å²) in [6.45, 7) is 1.99. The molecule has 1 rings (SSSR count). The Bertz CT molecular complexity index is 386. The van der Waals surface area contributed by atoms with Gasteiger partial charge < -0.3 is 5.11 Å². The molecule has 1 aromatic carbocycles. The third-order valence-electron chi connectivity index (χ3n) is 1.95. The number of rotatable bonds is 5. The van der Waals surface area contributed by atoms with Crippen LogP contribution in [0.5, 0.6) is 0 Å². The van der Waals surface area contributed by atoms with Crippen molar-refractivity contribution < 1.29 is 10.0 Å². The van der Waals surface area contributed by atoms with Crippen LogP contribution in [0.2, 0.25) is 0 Å². The summed E-state index contributed by atoms with van der Waals surface area (Å²) in [5, 5.41) is 19.7. The van der Waals surface area contributed by atoms with Gasteiger partial charge in [0, 0.05) is 22.9 Å². The molecule has 0 aliphatic rings. The first-order chi connectivity index (χ1) is 7.54. The fourth-order valence-corrected chi connectivity index (χ4v) is 2.62. The smallest absolute Gasteiger partial charge is 0.282 e. The fourth-order valence-electron chi connectivity index (χ4n) is 1.04. The minimum atomic E-state index is -0.390. The van der Waals surface area contributed by atoms with Gasteiger partial charge in [0.25, 0.3) is 5.69 Å². The van der Waals surface area contributed by atoms with Crippen LogP contribution in [-0.4, -0.2) is 22.4 Å². The summed E-state index contributed by atoms with van der Waals surface area (Å²) in [6, 6.07) is 4.86. The molecular weight excluding hydrogens is 294 g/mol. The van der Waals surface area contributed by atoms with Crippen LogP contribution in [0.1, 0.15) is 6.92 Å². The van der Waals surface area contributed by atoms with Gasteiger partial charge in [-0.3, -0.25) is 10.1 Å². The lowest BCUT2D eigenvalue weighted by molar-refractivity contribution is -0.387. The lowest BCUT2D eigenvalue weighted by Crippen LogP contribution is -2.03. The van der Waals surface area contributed by atoms with Crippen molar-refractivity contribution in [3.63, 3.8) is 0 Å². The average molecular weight is 306 g/mol. The molecule has 0 fully saturated rings. The molecule has 0 saturated carbocycles. The number of nitro groups is 1. The molecule has 0 amide bonds. The highest BCUT2D eigenvalue weighted by atomic mass is 79.9. The van der Waals surface area contributed by atoms with Gasteiger partial charge in [0.05, 0.1) is 9.82 Å². The number of thioether (sulfide) groups is 1. The lowest BCUT2D eigenvalue weighted by Gasteiger charge is -2.07. The molecule has 1 atom stereocenters. The van der Waals surface area contributed by atoms with Crippen LogP contribution in [-0.2, 0) is 0 Å². The molecule has 88 valence electrons. The van der Waals surface area contributed by atoms with E-state index in [1.165, 1.54) is 17.8 Å². The van der Waals surface area contributed by atoms with E-state index in [1.807, 2.05) is 6.92 Å². The first-order valence-corrected chi connectivity index (χ1v) is 6.50. The molecule has 0 heterocycles. The van der Waals surface area contributed by atoms with E-state index >= 15 is 0 Å². The Hall–Kier alpha value is -0.590. The Morgan fingerprint density at radius 3 is 2.88 bits per heavy atom. The Balaban J connectivity index is 2.84. The average Bonchev–Trinajstić information content (AvgIpc) is 2.25. The zero-order valence-corrected chi connectivity index (χ0v) is 11.1. The molecule has 0 aromatic heterocycles. The maximum absolute atomic E-state index is 10.8. The minimum Gasteiger partial charge on any atom is -0.396 e. The summed E-state index contributed by atoms with van der Waals surface area (Å²) in [5.74, 6) is 0.789. The molecule has 4 nitrogen and oxygen atoms in total. The SMILES string of the molecule is CC(CO)CSc1cc(Br)ccc1[N+](=O)[O-]. The van der Waals surface area contributed by atoms with Crippen molar-refractivity contribution in [1.29, 1.82) is 0 Å². The fraction of sp³-hybridized carbons (Fsp3) is 0.400. The van der Waals surface area contributed by atoms with Gasteiger partial charge in [-0.15, -0.1) is 11.8 Å². The third-order valence-corrected chi connectivity index (χ3v) is 3.82. The number of nitro benzene ring substituents is 1. The minimum absolute atomic E-state index is 0.0921. The normalized spacial score (nSPS) is 12.4. The van der Waals surface area contributed by atoms with E-state index in [2.05, 4.69) is 15.9 Å². The second kappa shape index (κ2) is 6.22. The predicted octanol–water partition coefficient (Wildman–Crippen LogP) is 3.08. The van der Waals surface area contributed by atoms with Gasteiger partial charge in [-0.1, -0.05) is 22.9 Å². The van der Waals surface area contributed by atoms with Crippen molar-refractivity contribution in [1.82, 2.24) is 0 Å². The van der Waals surface area contributed by atoms with Crippen LogP contribution < -0.4 is 0 Å². The van der Waals surface area contributed by atoms with Gasteiger partial charge >= 0.3 is 0 Å². The van der Waals surface area contributed by atoms with Crippen molar-refractivity contribution in [3.05, 3.63) is 32.8 Å². The summed E-state index contributed by atoms with van der Waals surface area (Å²) < 4.78 is 0.817. The number of aliphatic hydroxyl groups is 1. The van der Waals surface area contributed by atoms with Crippen LogP contribution in [0.15, 0.2) is 27.6 Å². The highest BCUT2D eigenvalue weighted by Gasteiger charge is 2.15. The molecule has 0 radical (unpaired) electrons. The number of hydrogen-bond donors (Lipinski definition) is 1. The number of nitrogens with zero attached hydrogens (tertiary/aromatic N) is 1. The van der Waals surface area contributed by atoms with E-state index in [0.717, 1.165) is 4.47 Å². The second-order valence-corrected chi connectivity index (χ2v) is 5.45. The Labute approximate surface area is 106 Å². The summed E-state index contributed by atoms with van der Waals surface area (Å²) in [6.07, 6.45) is 0. The molecule has 0 aliphatic carbocycles. The van der Waals surface area contributed by atoms with Gasteiger partial charge in [-0.2, -0.15) is 0 Å². The Morgan fingerprint density at radius 1 is 1.62 bits per heavy atom. The highest BCUT2D eigenvalue weighted by molar-refractivity contribution is 9.10. The molecule has 0 spiro atoms. The number of benzene rings is 1. The number of hydrogen-bond acceptors (Lipinski definition) is 4. The molecule has 0 aliphatic heterocycles. The second-order valence-electron chi connectivity index (χ2n) is 3.47. The predicted molar refractivity (Wildman–Crippen MR) is 67.8 cm³/mol. The summed E-state index contributed by atoms with van der Waals surface area (Å²) in [7, 11) is 0. The summed E-state index contributed by atoms with van der Waals surface area (Å²) in [4.78, 5) is 11.0. The van der Waals surface area contributed by atoms with Crippen molar-refractivity contribution in [2.45, 2.75) is 11.8 Å². The van der Waals surface area contributed by atoms with E-state index in [4.69, 9.17) is 5.11 Å². The van der Waals surface area contributed by atoms with Crippen LogP contribution in [0.25, 0.3) is 0 Å². The maximum Gasteiger partial charge on any atom is 0.282 e. The van der Waals surface area contributed by atoms with Gasteiger partial charge in [0.1, 0.15) is 0 Å². The molecule has 6 heteroatoms. The van der Waals surface area contributed by atoms with Crippen LogP contribution in [0.3, 0.4) is 0 Å². The third kappa shape index (κ3) is 3.77. The van der Waals surface area contributed by atoms with Gasteiger partial charge in [-0.25, -0.2) is 0 Å². The molecule has 16 heavy (non-hydrogen) atoms. The van der Waals surface area contributed by atoms with Crippen molar-refractivity contribution >= 4 is 33.4 Å². The largest absolute Gasteiger partial charge is 0.396 e. The molecule has 1 aromatic rings. The maximum atomic E-state index is 10.8. The van der Waals surface area contributed by atoms with Crippen molar-refractivity contribution in [2.24, 2.45) is 5.92 Å². The molecule has 1 unspecified atom stereocenters. The van der Waals surface area contributed by atoms with Crippen molar-refractivity contribution in [2.75, 3.05) is 12.4 Å². The molecule has 1 N–H and O–H groups in total. The first kappa shape index (κ1) is 13.5. The highest BCUT2D eigenvalue weighted by Crippen LogP contribution is 2.32. The first-order valence-electron chi connectivity index (χ1n) is 4.72. The monoisotopic (exact) mass is 305 g/mol. The molecule has 0 saturated heterocycles. The Kier molecular flexibility index (Phi) is 5.24.